The Balaban J connectivity index is 1.51. The van der Waals surface area contributed by atoms with E-state index in [0.29, 0.717) is 33.3 Å². The highest BCUT2D eigenvalue weighted by Crippen LogP contribution is 2.29. The molecule has 0 atom stereocenters. The van der Waals surface area contributed by atoms with Crippen molar-refractivity contribution in [3.63, 3.8) is 0 Å². The summed E-state index contributed by atoms with van der Waals surface area (Å²) >= 11 is 6.05. The van der Waals surface area contributed by atoms with Gasteiger partial charge in [-0.25, -0.2) is 4.98 Å². The first-order valence-corrected chi connectivity index (χ1v) is 9.92. The predicted molar refractivity (Wildman–Crippen MR) is 121 cm³/mol. The highest BCUT2D eigenvalue weighted by atomic mass is 35.5. The Morgan fingerprint density at radius 2 is 1.80 bits per heavy atom. The molecule has 1 amide bonds. The molecule has 0 saturated carbocycles. The summed E-state index contributed by atoms with van der Waals surface area (Å²) in [6, 6.07) is 24.7. The first-order chi connectivity index (χ1) is 14.6. The van der Waals surface area contributed by atoms with Gasteiger partial charge in [-0.1, -0.05) is 54.1 Å². The van der Waals surface area contributed by atoms with Gasteiger partial charge in [-0.05, 0) is 59.7 Å². The highest BCUT2D eigenvalue weighted by Gasteiger charge is 2.14. The van der Waals surface area contributed by atoms with Gasteiger partial charge in [0.2, 0.25) is 5.89 Å². The van der Waals surface area contributed by atoms with Crippen LogP contribution >= 0.6 is 11.6 Å². The zero-order chi connectivity index (χ0) is 20.7. The summed E-state index contributed by atoms with van der Waals surface area (Å²) in [4.78, 5) is 17.6. The van der Waals surface area contributed by atoms with Crippen molar-refractivity contribution < 1.29 is 9.21 Å². The summed E-state index contributed by atoms with van der Waals surface area (Å²) < 4.78 is 5.87. The first-order valence-electron chi connectivity index (χ1n) is 9.55. The quantitative estimate of drug-likeness (QED) is 0.352. The van der Waals surface area contributed by atoms with E-state index in [1.54, 1.807) is 18.2 Å². The van der Waals surface area contributed by atoms with Crippen LogP contribution < -0.4 is 5.32 Å². The standard InChI is InChI=1S/C25H17ClN2O2/c1-15-9-10-17(25-28-22-14-18(26)11-12-23(22)30-25)13-21(15)27-24(29)20-8-4-6-16-5-2-3-7-19(16)20/h2-14H,1H3,(H,27,29). The van der Waals surface area contributed by atoms with Gasteiger partial charge in [0.25, 0.3) is 5.91 Å². The molecule has 0 aliphatic rings. The Labute approximate surface area is 178 Å². The average molecular weight is 413 g/mol. The molecule has 0 radical (unpaired) electrons. The third-order valence-corrected chi connectivity index (χ3v) is 5.35. The van der Waals surface area contributed by atoms with Gasteiger partial charge in [0.1, 0.15) is 5.52 Å². The fourth-order valence-corrected chi connectivity index (χ4v) is 3.69. The molecule has 5 aromatic rings. The van der Waals surface area contributed by atoms with Gasteiger partial charge < -0.3 is 9.73 Å². The molecule has 1 N–H and O–H groups in total. The first kappa shape index (κ1) is 18.4. The van der Waals surface area contributed by atoms with E-state index in [4.69, 9.17) is 16.0 Å². The third-order valence-electron chi connectivity index (χ3n) is 5.12. The van der Waals surface area contributed by atoms with Gasteiger partial charge in [-0.3, -0.25) is 4.79 Å². The van der Waals surface area contributed by atoms with Crippen LogP contribution in [-0.4, -0.2) is 10.9 Å². The molecule has 5 heteroatoms. The summed E-state index contributed by atoms with van der Waals surface area (Å²) in [6.07, 6.45) is 0. The van der Waals surface area contributed by atoms with Crippen LogP contribution in [0.5, 0.6) is 0 Å². The monoisotopic (exact) mass is 412 g/mol. The van der Waals surface area contributed by atoms with Crippen LogP contribution in [0.4, 0.5) is 5.69 Å². The Bertz CT molecular complexity index is 1420. The molecule has 0 unspecified atom stereocenters. The summed E-state index contributed by atoms with van der Waals surface area (Å²) in [5.74, 6) is 0.323. The van der Waals surface area contributed by atoms with Gasteiger partial charge in [0.05, 0.1) is 0 Å². The molecular formula is C25H17ClN2O2. The predicted octanol–water partition coefficient (Wildman–Crippen LogP) is 6.86. The van der Waals surface area contributed by atoms with E-state index in [9.17, 15) is 4.79 Å². The number of benzene rings is 4. The topological polar surface area (TPSA) is 55.1 Å². The van der Waals surface area contributed by atoms with Crippen LogP contribution in [0.2, 0.25) is 5.02 Å². The SMILES string of the molecule is Cc1ccc(-c2nc3cc(Cl)ccc3o2)cc1NC(=O)c1cccc2ccccc12. The summed E-state index contributed by atoms with van der Waals surface area (Å²) in [7, 11) is 0. The maximum atomic E-state index is 13.0. The van der Waals surface area contributed by atoms with E-state index in [1.807, 2.05) is 67.6 Å². The molecule has 0 fully saturated rings. The van der Waals surface area contributed by atoms with Gasteiger partial charge in [-0.15, -0.1) is 0 Å². The molecule has 146 valence electrons. The lowest BCUT2D eigenvalue weighted by atomic mass is 10.0. The number of hydrogen-bond acceptors (Lipinski definition) is 3. The normalized spacial score (nSPS) is 11.1. The number of hydrogen-bond donors (Lipinski definition) is 1. The summed E-state index contributed by atoms with van der Waals surface area (Å²) in [6.45, 7) is 1.95. The fourth-order valence-electron chi connectivity index (χ4n) is 3.53. The van der Waals surface area contributed by atoms with E-state index in [2.05, 4.69) is 10.3 Å². The maximum Gasteiger partial charge on any atom is 0.256 e. The van der Waals surface area contributed by atoms with E-state index in [0.717, 1.165) is 21.9 Å². The number of nitrogens with zero attached hydrogens (tertiary/aromatic N) is 1. The molecule has 0 bridgehead atoms. The van der Waals surface area contributed by atoms with Crippen LogP contribution in [0.3, 0.4) is 0 Å². The Kier molecular flexibility index (Phi) is 4.49. The minimum atomic E-state index is -0.156. The number of oxazole rings is 1. The number of carbonyl (C=O) groups excluding carboxylic acids is 1. The summed E-state index contributed by atoms with van der Waals surface area (Å²) in [5.41, 5.74) is 4.43. The average Bonchev–Trinajstić information content (AvgIpc) is 3.18. The van der Waals surface area contributed by atoms with Crippen molar-refractivity contribution >= 4 is 45.1 Å². The highest BCUT2D eigenvalue weighted by molar-refractivity contribution is 6.31. The minimum Gasteiger partial charge on any atom is -0.436 e. The molecule has 0 aliphatic carbocycles. The second-order valence-corrected chi connectivity index (χ2v) is 7.58. The van der Waals surface area contributed by atoms with E-state index in [1.165, 1.54) is 0 Å². The molecule has 30 heavy (non-hydrogen) atoms. The Morgan fingerprint density at radius 3 is 2.70 bits per heavy atom. The number of anilines is 1. The Hall–Kier alpha value is -3.63. The zero-order valence-electron chi connectivity index (χ0n) is 16.1. The largest absolute Gasteiger partial charge is 0.436 e. The molecule has 4 nitrogen and oxygen atoms in total. The van der Waals surface area contributed by atoms with Crippen LogP contribution in [0.1, 0.15) is 15.9 Å². The molecule has 5 rings (SSSR count). The lowest BCUT2D eigenvalue weighted by Crippen LogP contribution is -2.13. The molecule has 4 aromatic carbocycles. The van der Waals surface area contributed by atoms with E-state index in [-0.39, 0.29) is 5.91 Å². The number of nitrogens with one attached hydrogen (secondary N) is 1. The number of rotatable bonds is 3. The number of halogens is 1. The van der Waals surface area contributed by atoms with E-state index >= 15 is 0 Å². The maximum absolute atomic E-state index is 13.0. The van der Waals surface area contributed by atoms with Gasteiger partial charge >= 0.3 is 0 Å². The molecule has 1 aromatic heterocycles. The lowest BCUT2D eigenvalue weighted by Gasteiger charge is -2.11. The minimum absolute atomic E-state index is 0.156. The smallest absolute Gasteiger partial charge is 0.256 e. The van der Waals surface area contributed by atoms with Crippen LogP contribution in [0, 0.1) is 6.92 Å². The number of aryl methyl sites for hydroxylation is 1. The van der Waals surface area contributed by atoms with Crippen molar-refractivity contribution in [3.8, 4) is 11.5 Å². The zero-order valence-corrected chi connectivity index (χ0v) is 16.9. The van der Waals surface area contributed by atoms with Gasteiger partial charge in [0, 0.05) is 21.8 Å². The second kappa shape index (κ2) is 7.32. The van der Waals surface area contributed by atoms with Crippen molar-refractivity contribution in [2.45, 2.75) is 6.92 Å². The van der Waals surface area contributed by atoms with Crippen molar-refractivity contribution in [1.82, 2.24) is 4.98 Å². The van der Waals surface area contributed by atoms with Crippen LogP contribution in [-0.2, 0) is 0 Å². The molecule has 0 spiro atoms. The Morgan fingerprint density at radius 1 is 0.967 bits per heavy atom. The lowest BCUT2D eigenvalue weighted by molar-refractivity contribution is 0.102. The number of aromatic nitrogens is 1. The molecule has 0 saturated heterocycles. The van der Waals surface area contributed by atoms with Crippen molar-refractivity contribution in [2.75, 3.05) is 5.32 Å². The van der Waals surface area contributed by atoms with Crippen LogP contribution in [0.15, 0.2) is 83.3 Å². The fraction of sp³-hybridized carbons (Fsp3) is 0.0400. The molecule has 1 heterocycles. The second-order valence-electron chi connectivity index (χ2n) is 7.14. The van der Waals surface area contributed by atoms with Gasteiger partial charge in [0.15, 0.2) is 5.58 Å². The summed E-state index contributed by atoms with van der Waals surface area (Å²) in [5, 5.41) is 5.60. The van der Waals surface area contributed by atoms with Gasteiger partial charge in [-0.2, -0.15) is 0 Å². The number of amides is 1. The number of fused-ring (bicyclic) bond motifs is 2. The molecular weight excluding hydrogens is 396 g/mol. The number of carbonyl (C=O) groups is 1. The van der Waals surface area contributed by atoms with Crippen molar-refractivity contribution in [3.05, 3.63) is 95.0 Å². The van der Waals surface area contributed by atoms with Crippen molar-refractivity contribution in [2.24, 2.45) is 0 Å². The molecule has 0 aliphatic heterocycles. The van der Waals surface area contributed by atoms with Crippen molar-refractivity contribution in [1.29, 1.82) is 0 Å². The third kappa shape index (κ3) is 3.31. The van der Waals surface area contributed by atoms with Crippen LogP contribution in [0.25, 0.3) is 33.3 Å². The van der Waals surface area contributed by atoms with E-state index < -0.39 is 0 Å².